The molecule has 0 spiro atoms. The molecule has 1 heterocycles. The van der Waals surface area contributed by atoms with Gasteiger partial charge in [0.05, 0.1) is 0 Å². The van der Waals surface area contributed by atoms with Crippen molar-refractivity contribution in [3.8, 4) is 0 Å². The molecule has 0 radical (unpaired) electrons. The number of rotatable bonds is 2. The highest BCUT2D eigenvalue weighted by Crippen LogP contribution is 2.33. The topological polar surface area (TPSA) is 46.3 Å². The summed E-state index contributed by atoms with van der Waals surface area (Å²) >= 11 is 1.97. The molecule has 0 bridgehead atoms. The van der Waals surface area contributed by atoms with Gasteiger partial charge in [0.25, 0.3) is 0 Å². The molecule has 1 aliphatic heterocycles. The lowest BCUT2D eigenvalue weighted by Gasteiger charge is -2.33. The molecule has 16 heavy (non-hydrogen) atoms. The predicted molar refractivity (Wildman–Crippen MR) is 68.4 cm³/mol. The van der Waals surface area contributed by atoms with E-state index < -0.39 is 0 Å². The quantitative estimate of drug-likeness (QED) is 0.794. The third-order valence-electron chi connectivity index (χ3n) is 3.83. The molecule has 3 nitrogen and oxygen atoms in total. The van der Waals surface area contributed by atoms with Crippen LogP contribution >= 0.6 is 11.8 Å². The molecule has 1 amide bonds. The fourth-order valence-electron chi connectivity index (χ4n) is 2.90. The Morgan fingerprint density at radius 1 is 1.50 bits per heavy atom. The number of carbonyl (C=O) groups excluding carboxylic acids is 1. The number of hydrogen-bond donors (Lipinski definition) is 1. The maximum Gasteiger partial charge on any atom is 0.226 e. The van der Waals surface area contributed by atoms with Crippen molar-refractivity contribution in [1.82, 2.24) is 4.90 Å². The van der Waals surface area contributed by atoms with Gasteiger partial charge in [0.1, 0.15) is 0 Å². The van der Waals surface area contributed by atoms with E-state index in [4.69, 9.17) is 5.73 Å². The summed E-state index contributed by atoms with van der Waals surface area (Å²) in [5.74, 6) is 2.13. The first-order chi connectivity index (χ1) is 7.72. The second-order valence-corrected chi connectivity index (χ2v) is 6.55. The lowest BCUT2D eigenvalue weighted by Crippen LogP contribution is -2.45. The number of thioether (sulfide) groups is 1. The van der Waals surface area contributed by atoms with Gasteiger partial charge >= 0.3 is 0 Å². The van der Waals surface area contributed by atoms with Gasteiger partial charge in [0.2, 0.25) is 5.91 Å². The van der Waals surface area contributed by atoms with E-state index in [0.29, 0.717) is 23.6 Å². The lowest BCUT2D eigenvalue weighted by atomic mass is 9.94. The summed E-state index contributed by atoms with van der Waals surface area (Å²) < 4.78 is 0. The van der Waals surface area contributed by atoms with Crippen molar-refractivity contribution in [2.75, 3.05) is 25.4 Å². The minimum Gasteiger partial charge on any atom is -0.341 e. The maximum atomic E-state index is 12.4. The van der Waals surface area contributed by atoms with E-state index in [9.17, 15) is 4.79 Å². The van der Waals surface area contributed by atoms with Crippen LogP contribution in [-0.4, -0.2) is 41.4 Å². The summed E-state index contributed by atoms with van der Waals surface area (Å²) in [6.07, 6.45) is 3.38. The fraction of sp³-hybridized carbons (Fsp3) is 0.917. The van der Waals surface area contributed by atoms with Crippen molar-refractivity contribution in [2.24, 2.45) is 17.6 Å². The van der Waals surface area contributed by atoms with Crippen LogP contribution in [0.5, 0.6) is 0 Å². The fourth-order valence-corrected chi connectivity index (χ4v) is 3.91. The molecule has 0 aromatic rings. The zero-order chi connectivity index (χ0) is 11.5. The highest BCUT2D eigenvalue weighted by molar-refractivity contribution is 7.99. The summed E-state index contributed by atoms with van der Waals surface area (Å²) in [5.41, 5.74) is 5.74. The van der Waals surface area contributed by atoms with Crippen molar-refractivity contribution in [1.29, 1.82) is 0 Å². The van der Waals surface area contributed by atoms with Crippen molar-refractivity contribution in [3.63, 3.8) is 0 Å². The summed E-state index contributed by atoms with van der Waals surface area (Å²) in [4.78, 5) is 14.4. The van der Waals surface area contributed by atoms with Gasteiger partial charge in [0.15, 0.2) is 0 Å². The van der Waals surface area contributed by atoms with Gasteiger partial charge in [-0.1, -0.05) is 13.3 Å². The van der Waals surface area contributed by atoms with Gasteiger partial charge in [-0.3, -0.25) is 4.79 Å². The van der Waals surface area contributed by atoms with Gasteiger partial charge in [0, 0.05) is 30.0 Å². The first-order valence-electron chi connectivity index (χ1n) is 6.33. The Labute approximate surface area is 102 Å². The van der Waals surface area contributed by atoms with Gasteiger partial charge in [-0.2, -0.15) is 11.8 Å². The molecule has 3 atom stereocenters. The highest BCUT2D eigenvalue weighted by atomic mass is 32.2. The second-order valence-electron chi connectivity index (χ2n) is 5.00. The molecule has 92 valence electrons. The van der Waals surface area contributed by atoms with Crippen LogP contribution in [-0.2, 0) is 4.79 Å². The highest BCUT2D eigenvalue weighted by Gasteiger charge is 2.35. The molecule has 0 aromatic heterocycles. The first kappa shape index (κ1) is 12.2. The van der Waals surface area contributed by atoms with E-state index in [2.05, 4.69) is 11.8 Å². The van der Waals surface area contributed by atoms with E-state index in [1.807, 2.05) is 11.8 Å². The Kier molecular flexibility index (Phi) is 4.14. The largest absolute Gasteiger partial charge is 0.341 e. The molecule has 0 aromatic carbocycles. The Morgan fingerprint density at radius 3 is 3.00 bits per heavy atom. The summed E-state index contributed by atoms with van der Waals surface area (Å²) in [7, 11) is 0. The molecule has 1 unspecified atom stereocenters. The van der Waals surface area contributed by atoms with Crippen molar-refractivity contribution >= 4 is 17.7 Å². The van der Waals surface area contributed by atoms with E-state index >= 15 is 0 Å². The Balaban J connectivity index is 1.95. The minimum absolute atomic E-state index is 0.222. The maximum absolute atomic E-state index is 12.4. The number of hydrogen-bond acceptors (Lipinski definition) is 3. The van der Waals surface area contributed by atoms with Crippen LogP contribution in [0.15, 0.2) is 0 Å². The average Bonchev–Trinajstić information content (AvgIpc) is 2.76. The van der Waals surface area contributed by atoms with Crippen molar-refractivity contribution in [3.05, 3.63) is 0 Å². The number of carbonyl (C=O) groups is 1. The van der Waals surface area contributed by atoms with E-state index in [-0.39, 0.29) is 5.92 Å². The van der Waals surface area contributed by atoms with Crippen molar-refractivity contribution in [2.45, 2.75) is 31.4 Å². The Bertz CT molecular complexity index is 259. The average molecular weight is 242 g/mol. The zero-order valence-electron chi connectivity index (χ0n) is 10.0. The van der Waals surface area contributed by atoms with Crippen LogP contribution in [0.1, 0.15) is 26.2 Å². The third-order valence-corrected chi connectivity index (χ3v) is 4.97. The molecule has 1 saturated heterocycles. The first-order valence-corrected chi connectivity index (χ1v) is 7.37. The van der Waals surface area contributed by atoms with E-state index in [0.717, 1.165) is 31.7 Å². The molecule has 2 fully saturated rings. The summed E-state index contributed by atoms with van der Waals surface area (Å²) in [6.45, 7) is 4.74. The molecule has 2 rings (SSSR count). The summed E-state index contributed by atoms with van der Waals surface area (Å²) in [6, 6.07) is 0. The van der Waals surface area contributed by atoms with Crippen LogP contribution in [0.25, 0.3) is 0 Å². The monoisotopic (exact) mass is 242 g/mol. The normalized spacial score (nSPS) is 35.4. The number of nitrogens with zero attached hydrogens (tertiary/aromatic N) is 1. The van der Waals surface area contributed by atoms with Gasteiger partial charge in [-0.05, 0) is 25.3 Å². The van der Waals surface area contributed by atoms with Gasteiger partial charge in [-0.15, -0.1) is 0 Å². The Morgan fingerprint density at radius 2 is 2.31 bits per heavy atom. The standard InChI is InChI=1S/C12H22N2OS/c1-9-8-14(5-6-16-9)12(15)11-4-2-3-10(11)7-13/h9-11H,2-8,13H2,1H3/t9?,10-,11-/m1/s1. The Hall–Kier alpha value is -0.220. The summed E-state index contributed by atoms with van der Waals surface area (Å²) in [5, 5.41) is 0.593. The van der Waals surface area contributed by atoms with Gasteiger partial charge in [-0.25, -0.2) is 0 Å². The van der Waals surface area contributed by atoms with Crippen LogP contribution in [0.3, 0.4) is 0 Å². The van der Waals surface area contributed by atoms with Crippen LogP contribution in [0, 0.1) is 11.8 Å². The van der Waals surface area contributed by atoms with E-state index in [1.54, 1.807) is 0 Å². The van der Waals surface area contributed by atoms with Crippen LogP contribution in [0.4, 0.5) is 0 Å². The van der Waals surface area contributed by atoms with Crippen molar-refractivity contribution < 1.29 is 4.79 Å². The smallest absolute Gasteiger partial charge is 0.226 e. The second kappa shape index (κ2) is 5.41. The molecule has 1 saturated carbocycles. The lowest BCUT2D eigenvalue weighted by molar-refractivity contribution is -0.136. The molecular formula is C12H22N2OS. The molecule has 2 N–H and O–H groups in total. The van der Waals surface area contributed by atoms with Crippen LogP contribution in [0.2, 0.25) is 0 Å². The predicted octanol–water partition coefficient (Wildman–Crippen LogP) is 1.33. The molecule has 2 aliphatic rings. The SMILES string of the molecule is CC1CN(C(=O)[C@@H]2CCC[C@@H]2CN)CCS1. The molecular weight excluding hydrogens is 220 g/mol. The van der Waals surface area contributed by atoms with Crippen LogP contribution < -0.4 is 5.73 Å². The molecule has 1 aliphatic carbocycles. The van der Waals surface area contributed by atoms with Gasteiger partial charge < -0.3 is 10.6 Å². The number of nitrogens with two attached hydrogens (primary N) is 1. The molecule has 4 heteroatoms. The zero-order valence-corrected chi connectivity index (χ0v) is 10.8. The minimum atomic E-state index is 0.222. The third kappa shape index (κ3) is 2.54. The number of amides is 1. The van der Waals surface area contributed by atoms with E-state index in [1.165, 1.54) is 6.42 Å².